The van der Waals surface area contributed by atoms with Gasteiger partial charge in [0.05, 0.1) is 11.2 Å². The topological polar surface area (TPSA) is 35.5 Å². The largest absolute Gasteiger partial charge is 0.494 e. The number of carbonyl (C=O) groups excluding carboxylic acids is 1. The molecule has 0 aromatic heterocycles. The van der Waals surface area contributed by atoms with E-state index in [1.165, 1.54) is 0 Å². The minimum Gasteiger partial charge on any atom is -0.399 e. The first-order valence-corrected chi connectivity index (χ1v) is 5.69. The predicted molar refractivity (Wildman–Crippen MR) is 67.0 cm³/mol. The van der Waals surface area contributed by atoms with E-state index in [9.17, 15) is 4.79 Å². The fraction of sp³-hybridized carbons (Fsp3) is 0.462. The standard InChI is InChI=1S/C13H16BO3/c1-12(2)13(3,4)17-14(16-12)11-7-5-10(9-15)6-8-11/h5-8H,1-4H3. The minimum absolute atomic E-state index is 0.340. The van der Waals surface area contributed by atoms with Gasteiger partial charge in [0.15, 0.2) is 0 Å². The molecule has 0 N–H and O–H groups in total. The Morgan fingerprint density at radius 2 is 1.47 bits per heavy atom. The van der Waals surface area contributed by atoms with Gasteiger partial charge in [0.2, 0.25) is 6.29 Å². The molecule has 0 unspecified atom stereocenters. The predicted octanol–water partition coefficient (Wildman–Crippen LogP) is 1.44. The highest BCUT2D eigenvalue weighted by atomic mass is 16.7. The van der Waals surface area contributed by atoms with Crippen LogP contribution < -0.4 is 5.46 Å². The van der Waals surface area contributed by atoms with Crippen LogP contribution in [0.1, 0.15) is 33.3 Å². The summed E-state index contributed by atoms with van der Waals surface area (Å²) in [4.78, 5) is 10.5. The second kappa shape index (κ2) is 3.96. The van der Waals surface area contributed by atoms with Crippen LogP contribution in [0.2, 0.25) is 0 Å². The minimum atomic E-state index is -0.374. The van der Waals surface area contributed by atoms with Crippen LogP contribution in [0.5, 0.6) is 0 Å². The van der Waals surface area contributed by atoms with Crippen molar-refractivity contribution in [2.45, 2.75) is 38.9 Å². The van der Waals surface area contributed by atoms with Crippen molar-refractivity contribution < 1.29 is 14.1 Å². The average molecular weight is 231 g/mol. The van der Waals surface area contributed by atoms with Gasteiger partial charge >= 0.3 is 7.12 Å². The van der Waals surface area contributed by atoms with Crippen molar-refractivity contribution in [2.75, 3.05) is 0 Å². The van der Waals surface area contributed by atoms with Crippen LogP contribution in [0.15, 0.2) is 24.3 Å². The maximum atomic E-state index is 10.5. The molecule has 1 fully saturated rings. The summed E-state index contributed by atoms with van der Waals surface area (Å²) in [6.45, 7) is 8.06. The molecule has 0 bridgehead atoms. The van der Waals surface area contributed by atoms with E-state index in [-0.39, 0.29) is 18.3 Å². The van der Waals surface area contributed by atoms with E-state index in [0.717, 1.165) is 5.46 Å². The number of rotatable bonds is 2. The molecular weight excluding hydrogens is 215 g/mol. The first-order chi connectivity index (χ1) is 7.86. The molecule has 0 spiro atoms. The molecule has 3 nitrogen and oxygen atoms in total. The van der Waals surface area contributed by atoms with Crippen LogP contribution in [-0.2, 0) is 14.1 Å². The van der Waals surface area contributed by atoms with Gasteiger partial charge < -0.3 is 9.31 Å². The maximum absolute atomic E-state index is 10.5. The molecule has 4 heteroatoms. The van der Waals surface area contributed by atoms with Gasteiger partial charge in [0.25, 0.3) is 0 Å². The summed E-state index contributed by atoms with van der Waals surface area (Å²) >= 11 is 0. The summed E-state index contributed by atoms with van der Waals surface area (Å²) in [5.41, 5.74) is 0.771. The fourth-order valence-corrected chi connectivity index (χ4v) is 1.69. The van der Waals surface area contributed by atoms with E-state index >= 15 is 0 Å². The summed E-state index contributed by atoms with van der Waals surface area (Å²) in [5, 5.41) is 0. The van der Waals surface area contributed by atoms with E-state index in [2.05, 4.69) is 0 Å². The van der Waals surface area contributed by atoms with Crippen LogP contribution in [0.25, 0.3) is 0 Å². The van der Waals surface area contributed by atoms with E-state index < -0.39 is 0 Å². The van der Waals surface area contributed by atoms with Crippen molar-refractivity contribution in [3.63, 3.8) is 0 Å². The molecule has 0 aliphatic carbocycles. The summed E-state index contributed by atoms with van der Waals surface area (Å²) in [7, 11) is -0.374. The van der Waals surface area contributed by atoms with Crippen molar-refractivity contribution in [1.29, 1.82) is 0 Å². The Balaban J connectivity index is 2.22. The van der Waals surface area contributed by atoms with Gasteiger partial charge in [0, 0.05) is 5.56 Å². The van der Waals surface area contributed by atoms with Crippen LogP contribution in [0.3, 0.4) is 0 Å². The quantitative estimate of drug-likeness (QED) is 0.722. The monoisotopic (exact) mass is 231 g/mol. The SMILES string of the molecule is CC1(C)OB(c2ccc([C]=O)cc2)OC1(C)C. The van der Waals surface area contributed by atoms with Gasteiger partial charge in [-0.3, -0.25) is 4.79 Å². The molecule has 1 radical (unpaired) electrons. The molecule has 17 heavy (non-hydrogen) atoms. The Hall–Kier alpha value is -1.13. The van der Waals surface area contributed by atoms with Gasteiger partial charge in [-0.1, -0.05) is 24.3 Å². The first-order valence-electron chi connectivity index (χ1n) is 5.69. The molecule has 0 amide bonds. The zero-order valence-electron chi connectivity index (χ0n) is 10.6. The number of benzene rings is 1. The average Bonchev–Trinajstić information content (AvgIpc) is 2.48. The smallest absolute Gasteiger partial charge is 0.399 e. The Morgan fingerprint density at radius 1 is 1.00 bits per heavy atom. The molecule has 1 saturated heterocycles. The van der Waals surface area contributed by atoms with E-state index in [0.29, 0.717) is 5.56 Å². The van der Waals surface area contributed by atoms with Gasteiger partial charge in [-0.15, -0.1) is 0 Å². The van der Waals surface area contributed by atoms with Gasteiger partial charge in [0.1, 0.15) is 0 Å². The highest BCUT2D eigenvalue weighted by Gasteiger charge is 2.51. The lowest BCUT2D eigenvalue weighted by atomic mass is 9.79. The molecule has 1 aromatic rings. The van der Waals surface area contributed by atoms with Gasteiger partial charge in [-0.2, -0.15) is 0 Å². The van der Waals surface area contributed by atoms with E-state index in [1.807, 2.05) is 46.1 Å². The summed E-state index contributed by atoms with van der Waals surface area (Å²) in [6.07, 6.45) is 1.85. The molecule has 2 rings (SSSR count). The zero-order valence-corrected chi connectivity index (χ0v) is 10.6. The molecule has 1 aliphatic rings. The molecular formula is C13H16BO3. The van der Waals surface area contributed by atoms with Crippen LogP contribution in [-0.4, -0.2) is 24.6 Å². The number of hydrogen-bond donors (Lipinski definition) is 0. The fourth-order valence-electron chi connectivity index (χ4n) is 1.69. The molecule has 0 saturated carbocycles. The molecule has 89 valence electrons. The lowest BCUT2D eigenvalue weighted by molar-refractivity contribution is 0.00578. The van der Waals surface area contributed by atoms with Crippen LogP contribution in [0, 0.1) is 0 Å². The summed E-state index contributed by atoms with van der Waals surface area (Å²) < 4.78 is 11.8. The Morgan fingerprint density at radius 3 is 1.88 bits per heavy atom. The molecule has 0 atom stereocenters. The van der Waals surface area contributed by atoms with Crippen LogP contribution >= 0.6 is 0 Å². The maximum Gasteiger partial charge on any atom is 0.494 e. The lowest BCUT2D eigenvalue weighted by Gasteiger charge is -2.32. The van der Waals surface area contributed by atoms with Gasteiger partial charge in [-0.25, -0.2) is 0 Å². The molecule has 1 aliphatic heterocycles. The third kappa shape index (κ3) is 2.15. The Bertz CT molecular complexity index is 407. The second-order valence-corrected chi connectivity index (χ2v) is 5.31. The van der Waals surface area contributed by atoms with Crippen molar-refractivity contribution in [2.24, 2.45) is 0 Å². The number of hydrogen-bond acceptors (Lipinski definition) is 3. The highest BCUT2D eigenvalue weighted by molar-refractivity contribution is 6.62. The van der Waals surface area contributed by atoms with Crippen molar-refractivity contribution in [1.82, 2.24) is 0 Å². The van der Waals surface area contributed by atoms with Crippen molar-refractivity contribution in [3.05, 3.63) is 29.8 Å². The van der Waals surface area contributed by atoms with E-state index in [4.69, 9.17) is 9.31 Å². The van der Waals surface area contributed by atoms with Gasteiger partial charge in [-0.05, 0) is 33.2 Å². The normalized spacial score (nSPS) is 21.5. The van der Waals surface area contributed by atoms with Crippen LogP contribution in [0.4, 0.5) is 0 Å². The van der Waals surface area contributed by atoms with Crippen molar-refractivity contribution in [3.8, 4) is 0 Å². The summed E-state index contributed by atoms with van der Waals surface area (Å²) in [5.74, 6) is 0. The van der Waals surface area contributed by atoms with Crippen molar-refractivity contribution >= 4 is 18.9 Å². The zero-order chi connectivity index (χ0) is 12.7. The molecule has 1 heterocycles. The molecule has 1 aromatic carbocycles. The Kier molecular flexibility index (Phi) is 2.88. The summed E-state index contributed by atoms with van der Waals surface area (Å²) in [6, 6.07) is 7.10. The lowest BCUT2D eigenvalue weighted by Crippen LogP contribution is -2.41. The van der Waals surface area contributed by atoms with E-state index in [1.54, 1.807) is 12.1 Å². The Labute approximate surface area is 102 Å². The third-order valence-electron chi connectivity index (χ3n) is 3.55. The first kappa shape index (κ1) is 12.3. The third-order valence-corrected chi connectivity index (χ3v) is 3.55. The second-order valence-electron chi connectivity index (χ2n) is 5.31. The highest BCUT2D eigenvalue weighted by Crippen LogP contribution is 2.36.